The third-order valence-electron chi connectivity index (χ3n) is 6.29. The molecule has 0 bridgehead atoms. The lowest BCUT2D eigenvalue weighted by Crippen LogP contribution is -2.02. The molecule has 1 N–H and O–H groups in total. The van der Waals surface area contributed by atoms with E-state index < -0.39 is 0 Å². The maximum absolute atomic E-state index is 10.2. The van der Waals surface area contributed by atoms with Crippen molar-refractivity contribution in [3.63, 3.8) is 0 Å². The Balaban J connectivity index is 1.65. The lowest BCUT2D eigenvalue weighted by atomic mass is 9.86. The molecule has 0 saturated heterocycles. The average Bonchev–Trinajstić information content (AvgIpc) is 2.87. The summed E-state index contributed by atoms with van der Waals surface area (Å²) in [7, 11) is 0. The predicted molar refractivity (Wildman–Crippen MR) is 141 cm³/mol. The zero-order valence-corrected chi connectivity index (χ0v) is 19.2. The van der Waals surface area contributed by atoms with Crippen molar-refractivity contribution in [1.82, 2.24) is 0 Å². The minimum Gasteiger partial charge on any atom is -0.508 e. The lowest BCUT2D eigenvalue weighted by molar-refractivity contribution is 0.475. The predicted octanol–water partition coefficient (Wildman–Crippen LogP) is 7.83. The molecule has 166 valence electrons. The molecule has 0 atom stereocenters. The van der Waals surface area contributed by atoms with Gasteiger partial charge in [0, 0.05) is 0 Å². The molecule has 1 heteroatoms. The molecule has 34 heavy (non-hydrogen) atoms. The smallest absolute Gasteiger partial charge is 0.116 e. The Morgan fingerprint density at radius 3 is 1.38 bits per heavy atom. The first-order valence-corrected chi connectivity index (χ1v) is 11.8. The summed E-state index contributed by atoms with van der Waals surface area (Å²) in [5.41, 5.74) is 10.1. The van der Waals surface area contributed by atoms with E-state index in [-0.39, 0.29) is 0 Å². The molecule has 0 aliphatic carbocycles. The third kappa shape index (κ3) is 5.27. The highest BCUT2D eigenvalue weighted by atomic mass is 16.3. The number of aromatic hydroxyl groups is 1. The molecule has 1 nitrogen and oxygen atoms in total. The maximum Gasteiger partial charge on any atom is 0.116 e. The van der Waals surface area contributed by atoms with E-state index in [9.17, 15) is 5.11 Å². The Labute approximate surface area is 202 Å². The van der Waals surface area contributed by atoms with Crippen LogP contribution in [0.25, 0.3) is 11.1 Å². The van der Waals surface area contributed by atoms with Crippen LogP contribution in [0.2, 0.25) is 0 Å². The number of hydrogen-bond donors (Lipinski definition) is 1. The monoisotopic (exact) mass is 440 g/mol. The van der Waals surface area contributed by atoms with Crippen LogP contribution >= 0.6 is 0 Å². The van der Waals surface area contributed by atoms with Crippen molar-refractivity contribution in [2.45, 2.75) is 19.3 Å². The molecule has 0 aliphatic heterocycles. The van der Waals surface area contributed by atoms with Gasteiger partial charge in [-0.1, -0.05) is 115 Å². The fourth-order valence-corrected chi connectivity index (χ4v) is 4.61. The highest BCUT2D eigenvalue weighted by Crippen LogP contribution is 2.33. The molecule has 0 fully saturated rings. The molecule has 0 unspecified atom stereocenters. The Hall–Kier alpha value is -4.10. The van der Waals surface area contributed by atoms with Crippen LogP contribution < -0.4 is 0 Å². The highest BCUT2D eigenvalue weighted by molar-refractivity contribution is 5.71. The Morgan fingerprint density at radius 2 is 0.882 bits per heavy atom. The van der Waals surface area contributed by atoms with Crippen LogP contribution in [0.15, 0.2) is 127 Å². The van der Waals surface area contributed by atoms with Gasteiger partial charge in [-0.25, -0.2) is 0 Å². The molecule has 0 amide bonds. The van der Waals surface area contributed by atoms with Crippen LogP contribution in [-0.4, -0.2) is 5.11 Å². The van der Waals surface area contributed by atoms with E-state index in [4.69, 9.17) is 0 Å². The van der Waals surface area contributed by atoms with Crippen LogP contribution in [0.1, 0.15) is 33.4 Å². The van der Waals surface area contributed by atoms with E-state index in [2.05, 4.69) is 109 Å². The van der Waals surface area contributed by atoms with E-state index in [1.165, 1.54) is 38.9 Å². The summed E-state index contributed by atoms with van der Waals surface area (Å²) in [6.07, 6.45) is 2.62. The summed E-state index contributed by atoms with van der Waals surface area (Å²) in [5, 5.41) is 10.2. The average molecular weight is 441 g/mol. The fourth-order valence-electron chi connectivity index (χ4n) is 4.61. The van der Waals surface area contributed by atoms with Crippen molar-refractivity contribution in [1.29, 1.82) is 0 Å². The molecule has 5 rings (SSSR count). The molecular weight excluding hydrogens is 412 g/mol. The minimum absolute atomic E-state index is 0.293. The standard InChI is InChI=1S/C33H28O/c34-32-18-10-17-28(23-32)33-24-30(20-26-13-6-2-7-14-26)29(19-25-11-4-1-5-12-25)22-31(33)21-27-15-8-3-9-16-27/h1-18,22-24,34H,19-21H2. The van der Waals surface area contributed by atoms with Gasteiger partial charge in [0.15, 0.2) is 0 Å². The van der Waals surface area contributed by atoms with E-state index in [0.717, 1.165) is 24.8 Å². The largest absolute Gasteiger partial charge is 0.508 e. The van der Waals surface area contributed by atoms with Crippen molar-refractivity contribution >= 4 is 0 Å². The zero-order chi connectivity index (χ0) is 23.2. The molecule has 5 aromatic carbocycles. The Kier molecular flexibility index (Phi) is 6.54. The lowest BCUT2D eigenvalue weighted by Gasteiger charge is -2.18. The number of phenols is 1. The molecule has 0 aliphatic rings. The van der Waals surface area contributed by atoms with Gasteiger partial charge in [-0.05, 0) is 75.9 Å². The second kappa shape index (κ2) is 10.2. The van der Waals surface area contributed by atoms with E-state index in [1.807, 2.05) is 12.1 Å². The summed E-state index contributed by atoms with van der Waals surface area (Å²) < 4.78 is 0. The summed E-state index contributed by atoms with van der Waals surface area (Å²) in [4.78, 5) is 0. The summed E-state index contributed by atoms with van der Waals surface area (Å²) in [5.74, 6) is 0.293. The third-order valence-corrected chi connectivity index (χ3v) is 6.29. The first-order chi connectivity index (χ1) is 16.7. The van der Waals surface area contributed by atoms with Crippen LogP contribution in [0, 0.1) is 0 Å². The van der Waals surface area contributed by atoms with Crippen molar-refractivity contribution in [2.75, 3.05) is 0 Å². The van der Waals surface area contributed by atoms with Gasteiger partial charge in [-0.2, -0.15) is 0 Å². The molecular formula is C33H28O. The van der Waals surface area contributed by atoms with Gasteiger partial charge in [-0.3, -0.25) is 0 Å². The van der Waals surface area contributed by atoms with Crippen LogP contribution in [-0.2, 0) is 19.3 Å². The van der Waals surface area contributed by atoms with Gasteiger partial charge < -0.3 is 5.11 Å². The van der Waals surface area contributed by atoms with Crippen LogP contribution in [0.4, 0.5) is 0 Å². The molecule has 0 heterocycles. The zero-order valence-electron chi connectivity index (χ0n) is 19.2. The molecule has 0 saturated carbocycles. The van der Waals surface area contributed by atoms with Crippen molar-refractivity contribution in [2.24, 2.45) is 0 Å². The summed E-state index contributed by atoms with van der Waals surface area (Å²) in [6, 6.07) is 44.3. The first kappa shape index (κ1) is 21.7. The van der Waals surface area contributed by atoms with Gasteiger partial charge >= 0.3 is 0 Å². The van der Waals surface area contributed by atoms with Crippen molar-refractivity contribution in [3.8, 4) is 16.9 Å². The SMILES string of the molecule is Oc1cccc(-c2cc(Cc3ccccc3)c(Cc3ccccc3)cc2Cc2ccccc2)c1. The number of phenolic OH excluding ortho intramolecular Hbond substituents is 1. The first-order valence-electron chi connectivity index (χ1n) is 11.8. The molecule has 0 radical (unpaired) electrons. The molecule has 0 spiro atoms. The number of hydrogen-bond acceptors (Lipinski definition) is 1. The Bertz CT molecular complexity index is 1360. The minimum atomic E-state index is 0.293. The van der Waals surface area contributed by atoms with Gasteiger partial charge in [0.25, 0.3) is 0 Å². The van der Waals surface area contributed by atoms with Crippen LogP contribution in [0.5, 0.6) is 5.75 Å². The van der Waals surface area contributed by atoms with Crippen molar-refractivity contribution in [3.05, 3.63) is 161 Å². The normalized spacial score (nSPS) is 10.8. The second-order valence-electron chi connectivity index (χ2n) is 8.82. The number of benzene rings is 5. The summed E-state index contributed by atoms with van der Waals surface area (Å²) in [6.45, 7) is 0. The van der Waals surface area contributed by atoms with E-state index in [0.29, 0.717) is 5.75 Å². The second-order valence-corrected chi connectivity index (χ2v) is 8.82. The molecule has 5 aromatic rings. The van der Waals surface area contributed by atoms with E-state index >= 15 is 0 Å². The van der Waals surface area contributed by atoms with Gasteiger partial charge in [0.05, 0.1) is 0 Å². The van der Waals surface area contributed by atoms with Crippen LogP contribution in [0.3, 0.4) is 0 Å². The topological polar surface area (TPSA) is 20.2 Å². The van der Waals surface area contributed by atoms with Gasteiger partial charge in [0.1, 0.15) is 5.75 Å². The van der Waals surface area contributed by atoms with Gasteiger partial charge in [0.2, 0.25) is 0 Å². The van der Waals surface area contributed by atoms with Gasteiger partial charge in [-0.15, -0.1) is 0 Å². The maximum atomic E-state index is 10.2. The van der Waals surface area contributed by atoms with Crippen molar-refractivity contribution < 1.29 is 5.11 Å². The quantitative estimate of drug-likeness (QED) is 0.273. The highest BCUT2D eigenvalue weighted by Gasteiger charge is 2.14. The molecule has 0 aromatic heterocycles. The Morgan fingerprint density at radius 1 is 0.412 bits per heavy atom. The fraction of sp³-hybridized carbons (Fsp3) is 0.0909. The number of rotatable bonds is 7. The van der Waals surface area contributed by atoms with E-state index in [1.54, 1.807) is 6.07 Å². The summed E-state index contributed by atoms with van der Waals surface area (Å²) >= 11 is 0.